The maximum absolute atomic E-state index is 11.8. The van der Waals surface area contributed by atoms with Crippen LogP contribution < -0.4 is 10.6 Å². The smallest absolute Gasteiger partial charge is 0.250 e. The Morgan fingerprint density at radius 3 is 2.78 bits per heavy atom. The summed E-state index contributed by atoms with van der Waals surface area (Å²) in [5, 5.41) is 12.9. The number of ether oxygens (including phenoxy) is 1. The molecule has 0 aromatic carbocycles. The predicted octanol–water partition coefficient (Wildman–Crippen LogP) is 0.734. The molecule has 1 saturated heterocycles. The highest BCUT2D eigenvalue weighted by atomic mass is 16.5. The summed E-state index contributed by atoms with van der Waals surface area (Å²) in [7, 11) is 0. The van der Waals surface area contributed by atoms with Gasteiger partial charge >= 0.3 is 0 Å². The van der Waals surface area contributed by atoms with Crippen molar-refractivity contribution in [1.82, 2.24) is 15.5 Å². The molecule has 2 heterocycles. The molecule has 1 aromatic rings. The van der Waals surface area contributed by atoms with E-state index in [4.69, 9.17) is 4.74 Å². The van der Waals surface area contributed by atoms with Crippen LogP contribution in [0.3, 0.4) is 0 Å². The highest BCUT2D eigenvalue weighted by Gasteiger charge is 2.16. The van der Waals surface area contributed by atoms with Gasteiger partial charge < -0.3 is 15.4 Å². The van der Waals surface area contributed by atoms with Crippen molar-refractivity contribution in [2.75, 3.05) is 25.0 Å². The van der Waals surface area contributed by atoms with Crippen molar-refractivity contribution in [3.8, 4) is 0 Å². The number of amides is 1. The number of aryl methyl sites for hydroxylation is 2. The van der Waals surface area contributed by atoms with Gasteiger partial charge in [0.2, 0.25) is 5.91 Å². The van der Waals surface area contributed by atoms with Crippen LogP contribution in [0.4, 0.5) is 5.69 Å². The van der Waals surface area contributed by atoms with E-state index < -0.39 is 0 Å². The summed E-state index contributed by atoms with van der Waals surface area (Å²) in [4.78, 5) is 11.8. The second-order valence-electron chi connectivity index (χ2n) is 4.62. The second kappa shape index (κ2) is 5.97. The minimum atomic E-state index is -0.124. The summed E-state index contributed by atoms with van der Waals surface area (Å²) in [6.07, 6.45) is 2.14. The van der Waals surface area contributed by atoms with E-state index >= 15 is 0 Å². The number of nitrogens with zero attached hydrogens (tertiary/aromatic N) is 1. The van der Waals surface area contributed by atoms with E-state index in [1.54, 1.807) is 0 Å². The highest BCUT2D eigenvalue weighted by Crippen LogP contribution is 2.16. The van der Waals surface area contributed by atoms with Gasteiger partial charge in [0.25, 0.3) is 0 Å². The number of carbonyl (C=O) groups is 1. The van der Waals surface area contributed by atoms with Crippen LogP contribution in [0.2, 0.25) is 0 Å². The molecule has 6 heteroatoms. The number of carbonyl (C=O) groups excluding carboxylic acids is 1. The minimum Gasteiger partial charge on any atom is -0.368 e. The zero-order chi connectivity index (χ0) is 13.0. The molecular weight excluding hydrogens is 232 g/mol. The lowest BCUT2D eigenvalue weighted by molar-refractivity contribution is -0.123. The number of nitrogens with one attached hydrogen (secondary N) is 3. The van der Waals surface area contributed by atoms with Gasteiger partial charge in [-0.25, -0.2) is 0 Å². The van der Waals surface area contributed by atoms with E-state index in [-0.39, 0.29) is 18.6 Å². The third kappa shape index (κ3) is 3.30. The van der Waals surface area contributed by atoms with Crippen molar-refractivity contribution < 1.29 is 9.53 Å². The van der Waals surface area contributed by atoms with E-state index in [1.165, 1.54) is 0 Å². The van der Waals surface area contributed by atoms with Crippen LogP contribution in [0.1, 0.15) is 24.2 Å². The summed E-state index contributed by atoms with van der Waals surface area (Å²) in [5.74, 6) is -0.124. The topological polar surface area (TPSA) is 79.0 Å². The molecule has 1 aliphatic heterocycles. The van der Waals surface area contributed by atoms with Crippen molar-refractivity contribution in [1.29, 1.82) is 0 Å². The fourth-order valence-corrected chi connectivity index (χ4v) is 2.07. The third-order valence-corrected chi connectivity index (χ3v) is 3.13. The molecule has 1 amide bonds. The Kier molecular flexibility index (Phi) is 4.33. The quantitative estimate of drug-likeness (QED) is 0.738. The standard InChI is InChI=1S/C12H20N4O2/c1-8-12(9(2)16-15-8)14-11(17)7-18-10-3-5-13-6-4-10/h10,13H,3-7H2,1-2H3,(H,14,17)(H,15,16). The lowest BCUT2D eigenvalue weighted by atomic mass is 10.1. The molecular formula is C12H20N4O2. The predicted molar refractivity (Wildman–Crippen MR) is 68.5 cm³/mol. The lowest BCUT2D eigenvalue weighted by Crippen LogP contribution is -2.34. The number of hydrogen-bond donors (Lipinski definition) is 3. The average molecular weight is 252 g/mol. The zero-order valence-electron chi connectivity index (χ0n) is 10.9. The molecule has 0 bridgehead atoms. The molecule has 1 fully saturated rings. The molecule has 1 aromatic heterocycles. The number of hydrogen-bond acceptors (Lipinski definition) is 4. The van der Waals surface area contributed by atoms with E-state index in [0.717, 1.165) is 43.0 Å². The fourth-order valence-electron chi connectivity index (χ4n) is 2.07. The van der Waals surface area contributed by atoms with Crippen molar-refractivity contribution in [2.45, 2.75) is 32.8 Å². The van der Waals surface area contributed by atoms with Gasteiger partial charge in [0, 0.05) is 0 Å². The van der Waals surface area contributed by atoms with Gasteiger partial charge in [0.05, 0.1) is 23.2 Å². The van der Waals surface area contributed by atoms with Crippen molar-refractivity contribution in [2.24, 2.45) is 0 Å². The van der Waals surface area contributed by atoms with Crippen LogP contribution in [-0.4, -0.2) is 41.9 Å². The molecule has 6 nitrogen and oxygen atoms in total. The van der Waals surface area contributed by atoms with Crippen molar-refractivity contribution in [3.63, 3.8) is 0 Å². The Morgan fingerprint density at radius 2 is 2.17 bits per heavy atom. The van der Waals surface area contributed by atoms with Gasteiger partial charge in [-0.15, -0.1) is 0 Å². The largest absolute Gasteiger partial charge is 0.368 e. The van der Waals surface area contributed by atoms with Crippen LogP contribution in [0.5, 0.6) is 0 Å². The molecule has 18 heavy (non-hydrogen) atoms. The minimum absolute atomic E-state index is 0.106. The molecule has 0 radical (unpaired) electrons. The number of anilines is 1. The maximum atomic E-state index is 11.8. The van der Waals surface area contributed by atoms with E-state index in [1.807, 2.05) is 13.8 Å². The summed E-state index contributed by atoms with van der Waals surface area (Å²) < 4.78 is 5.59. The summed E-state index contributed by atoms with van der Waals surface area (Å²) >= 11 is 0. The van der Waals surface area contributed by atoms with E-state index in [0.29, 0.717) is 0 Å². The molecule has 2 rings (SSSR count). The molecule has 0 aliphatic carbocycles. The van der Waals surface area contributed by atoms with E-state index in [9.17, 15) is 4.79 Å². The first-order valence-corrected chi connectivity index (χ1v) is 6.30. The summed E-state index contributed by atoms with van der Waals surface area (Å²) in [6.45, 7) is 5.77. The van der Waals surface area contributed by atoms with Crippen LogP contribution in [0.25, 0.3) is 0 Å². The number of piperidine rings is 1. The molecule has 0 atom stereocenters. The number of H-pyrrole nitrogens is 1. The average Bonchev–Trinajstić information content (AvgIpc) is 2.69. The van der Waals surface area contributed by atoms with E-state index in [2.05, 4.69) is 20.8 Å². The van der Waals surface area contributed by atoms with Gasteiger partial charge in [-0.2, -0.15) is 5.10 Å². The van der Waals surface area contributed by atoms with Crippen molar-refractivity contribution in [3.05, 3.63) is 11.4 Å². The van der Waals surface area contributed by atoms with Gasteiger partial charge in [0.1, 0.15) is 6.61 Å². The first-order valence-electron chi connectivity index (χ1n) is 6.30. The first kappa shape index (κ1) is 13.0. The third-order valence-electron chi connectivity index (χ3n) is 3.13. The number of aromatic nitrogens is 2. The molecule has 0 unspecified atom stereocenters. The Labute approximate surface area is 106 Å². The van der Waals surface area contributed by atoms with Gasteiger partial charge in [-0.3, -0.25) is 9.89 Å². The van der Waals surface area contributed by atoms with Gasteiger partial charge in [-0.05, 0) is 39.8 Å². The lowest BCUT2D eigenvalue weighted by Gasteiger charge is -2.22. The summed E-state index contributed by atoms with van der Waals surface area (Å²) in [6, 6.07) is 0. The Hall–Kier alpha value is -1.40. The maximum Gasteiger partial charge on any atom is 0.250 e. The molecule has 0 saturated carbocycles. The number of rotatable bonds is 4. The fraction of sp³-hybridized carbons (Fsp3) is 0.667. The molecule has 0 spiro atoms. The first-order chi connectivity index (χ1) is 8.66. The molecule has 3 N–H and O–H groups in total. The molecule has 1 aliphatic rings. The second-order valence-corrected chi connectivity index (χ2v) is 4.62. The van der Waals surface area contributed by atoms with Gasteiger partial charge in [0.15, 0.2) is 0 Å². The number of aromatic amines is 1. The SMILES string of the molecule is Cc1n[nH]c(C)c1NC(=O)COC1CCNCC1. The highest BCUT2D eigenvalue weighted by molar-refractivity contribution is 5.92. The zero-order valence-corrected chi connectivity index (χ0v) is 10.9. The monoisotopic (exact) mass is 252 g/mol. The molecule has 100 valence electrons. The van der Waals surface area contributed by atoms with Crippen LogP contribution in [0.15, 0.2) is 0 Å². The Bertz CT molecular complexity index is 391. The van der Waals surface area contributed by atoms with Crippen LogP contribution >= 0.6 is 0 Å². The Balaban J connectivity index is 1.78. The summed E-state index contributed by atoms with van der Waals surface area (Å²) in [5.41, 5.74) is 2.42. The normalized spacial score (nSPS) is 16.8. The van der Waals surface area contributed by atoms with Crippen LogP contribution in [-0.2, 0) is 9.53 Å². The van der Waals surface area contributed by atoms with Crippen molar-refractivity contribution >= 4 is 11.6 Å². The van der Waals surface area contributed by atoms with Gasteiger partial charge in [-0.1, -0.05) is 0 Å². The Morgan fingerprint density at radius 1 is 1.44 bits per heavy atom. The van der Waals surface area contributed by atoms with Crippen LogP contribution in [0, 0.1) is 13.8 Å².